The van der Waals surface area contributed by atoms with Gasteiger partial charge in [0.2, 0.25) is 0 Å². The summed E-state index contributed by atoms with van der Waals surface area (Å²) >= 11 is 0. The number of hydrogen-bond acceptors (Lipinski definition) is 4. The molecule has 0 saturated heterocycles. The molecule has 1 amide bonds. The van der Waals surface area contributed by atoms with Crippen molar-refractivity contribution in [1.29, 1.82) is 0 Å². The number of aryl methyl sites for hydroxylation is 2. The molecule has 0 unspecified atom stereocenters. The van der Waals surface area contributed by atoms with Crippen LogP contribution in [-0.4, -0.2) is 26.6 Å². The van der Waals surface area contributed by atoms with Crippen LogP contribution >= 0.6 is 0 Å². The summed E-state index contributed by atoms with van der Waals surface area (Å²) in [6.07, 6.45) is 2.26. The molecule has 7 nitrogen and oxygen atoms in total. The molecule has 0 atom stereocenters. The minimum atomic E-state index is -0.221. The third kappa shape index (κ3) is 3.04. The number of benzene rings is 1. The zero-order chi connectivity index (χ0) is 19.0. The van der Waals surface area contributed by atoms with Crippen molar-refractivity contribution in [3.63, 3.8) is 0 Å². The zero-order valence-electron chi connectivity index (χ0n) is 15.6. The minimum Gasteiger partial charge on any atom is -0.348 e. The molecule has 1 aromatic carbocycles. The Hall–Kier alpha value is -2.93. The maximum Gasteiger partial charge on any atom is 0.279 e. The third-order valence-electron chi connectivity index (χ3n) is 5.10. The highest BCUT2D eigenvalue weighted by atomic mass is 16.2. The Labute approximate surface area is 157 Å². The van der Waals surface area contributed by atoms with Crippen molar-refractivity contribution < 1.29 is 4.79 Å². The molecule has 140 valence electrons. The molecular weight excluding hydrogens is 342 g/mol. The summed E-state index contributed by atoms with van der Waals surface area (Å²) in [6.45, 7) is 6.53. The average molecular weight is 365 g/mol. The van der Waals surface area contributed by atoms with Crippen LogP contribution in [0.2, 0.25) is 0 Å². The molecule has 4 rings (SSSR count). The Kier molecular flexibility index (Phi) is 4.53. The molecule has 7 heteroatoms. The van der Waals surface area contributed by atoms with Gasteiger partial charge in [-0.3, -0.25) is 9.59 Å². The number of rotatable bonds is 4. The van der Waals surface area contributed by atoms with E-state index in [4.69, 9.17) is 0 Å². The number of nitrogens with one attached hydrogen (secondary N) is 2. The fourth-order valence-electron chi connectivity index (χ4n) is 3.66. The van der Waals surface area contributed by atoms with Gasteiger partial charge in [-0.2, -0.15) is 9.61 Å². The molecule has 2 N–H and O–H groups in total. The highest BCUT2D eigenvalue weighted by Gasteiger charge is 2.24. The van der Waals surface area contributed by atoms with E-state index in [0.717, 1.165) is 29.8 Å². The molecule has 27 heavy (non-hydrogen) atoms. The van der Waals surface area contributed by atoms with Crippen molar-refractivity contribution in [2.45, 2.75) is 39.9 Å². The number of carbonyl (C=O) groups excluding carboxylic acids is 1. The van der Waals surface area contributed by atoms with Crippen LogP contribution in [-0.2, 0) is 26.1 Å². The average Bonchev–Trinajstić information content (AvgIpc) is 3.13. The van der Waals surface area contributed by atoms with Crippen molar-refractivity contribution >= 4 is 11.6 Å². The summed E-state index contributed by atoms with van der Waals surface area (Å²) < 4.78 is 3.40. The summed E-state index contributed by atoms with van der Waals surface area (Å²) in [6, 6.07) is 8.03. The van der Waals surface area contributed by atoms with E-state index >= 15 is 0 Å². The first-order chi connectivity index (χ1) is 13.1. The van der Waals surface area contributed by atoms with Crippen molar-refractivity contribution in [2.75, 3.05) is 6.54 Å². The third-order valence-corrected chi connectivity index (χ3v) is 5.10. The number of aromatic nitrogens is 3. The first kappa shape index (κ1) is 17.5. The quantitative estimate of drug-likeness (QED) is 0.732. The molecular formula is C20H23N5O2. The maximum absolute atomic E-state index is 12.8. The summed E-state index contributed by atoms with van der Waals surface area (Å²) in [5, 5.41) is 10.4. The van der Waals surface area contributed by atoms with E-state index < -0.39 is 0 Å². The molecule has 3 aromatic rings. The molecule has 0 fully saturated rings. The van der Waals surface area contributed by atoms with Crippen molar-refractivity contribution in [3.8, 4) is 0 Å². The highest BCUT2D eigenvalue weighted by molar-refractivity contribution is 5.99. The van der Waals surface area contributed by atoms with Crippen LogP contribution in [0, 0.1) is 6.92 Å². The van der Waals surface area contributed by atoms with Gasteiger partial charge in [0.15, 0.2) is 5.65 Å². The van der Waals surface area contributed by atoms with Gasteiger partial charge in [-0.25, -0.2) is 0 Å². The molecule has 0 bridgehead atoms. The van der Waals surface area contributed by atoms with Crippen LogP contribution in [0.25, 0.3) is 5.65 Å². The van der Waals surface area contributed by atoms with E-state index in [0.29, 0.717) is 30.8 Å². The van der Waals surface area contributed by atoms with Crippen LogP contribution in [0.4, 0.5) is 0 Å². The Balaban J connectivity index is 1.71. The Morgan fingerprint density at radius 1 is 1.30 bits per heavy atom. The molecule has 0 spiro atoms. The van der Waals surface area contributed by atoms with Crippen molar-refractivity contribution in [3.05, 3.63) is 68.8 Å². The van der Waals surface area contributed by atoms with Gasteiger partial charge in [0.25, 0.3) is 11.5 Å². The van der Waals surface area contributed by atoms with E-state index in [2.05, 4.69) is 15.7 Å². The van der Waals surface area contributed by atoms with Crippen molar-refractivity contribution in [1.82, 2.24) is 24.8 Å². The second kappa shape index (κ2) is 7.00. The van der Waals surface area contributed by atoms with Gasteiger partial charge in [-0.15, -0.1) is 0 Å². The standard InChI is InChI=1S/C20H23N5O2/c1-3-24-17-8-9-21-11-15(17)20(27)25-19(24)16(12-23-25)18(26)22-10-14-6-4-13(2)5-7-14/h4-7,12,21H,3,8-11H2,1-2H3,(H,22,26). The van der Waals surface area contributed by atoms with Crippen LogP contribution in [0.1, 0.15) is 39.7 Å². The minimum absolute atomic E-state index is 0.144. The SMILES string of the molecule is CCn1c2c(c(=O)n3ncc(C(=O)NCc4ccc(C)cc4)c13)CNCC2. The van der Waals surface area contributed by atoms with E-state index in [-0.39, 0.29) is 11.5 Å². The Morgan fingerprint density at radius 2 is 2.07 bits per heavy atom. The second-order valence-electron chi connectivity index (χ2n) is 6.86. The van der Waals surface area contributed by atoms with E-state index in [1.54, 1.807) is 0 Å². The summed E-state index contributed by atoms with van der Waals surface area (Å²) in [4.78, 5) is 25.6. The molecule has 0 saturated carbocycles. The first-order valence-electron chi connectivity index (χ1n) is 9.27. The summed E-state index contributed by atoms with van der Waals surface area (Å²) in [5.41, 5.74) is 4.81. The number of nitrogens with zero attached hydrogens (tertiary/aromatic N) is 3. The van der Waals surface area contributed by atoms with Gasteiger partial charge in [0.1, 0.15) is 5.56 Å². The zero-order valence-corrected chi connectivity index (χ0v) is 15.6. The van der Waals surface area contributed by atoms with Gasteiger partial charge < -0.3 is 15.2 Å². The number of amides is 1. The fraction of sp³-hybridized carbons (Fsp3) is 0.350. The lowest BCUT2D eigenvalue weighted by Gasteiger charge is -2.22. The van der Waals surface area contributed by atoms with E-state index in [9.17, 15) is 9.59 Å². The van der Waals surface area contributed by atoms with Crippen LogP contribution in [0.5, 0.6) is 0 Å². The van der Waals surface area contributed by atoms with Gasteiger partial charge in [-0.1, -0.05) is 29.8 Å². The molecule has 1 aliphatic heterocycles. The summed E-state index contributed by atoms with van der Waals surface area (Å²) in [7, 11) is 0. The predicted molar refractivity (Wildman–Crippen MR) is 103 cm³/mol. The van der Waals surface area contributed by atoms with Gasteiger partial charge in [0, 0.05) is 38.3 Å². The van der Waals surface area contributed by atoms with Crippen LogP contribution < -0.4 is 16.2 Å². The lowest BCUT2D eigenvalue weighted by Crippen LogP contribution is -2.36. The summed E-state index contributed by atoms with van der Waals surface area (Å²) in [5.74, 6) is -0.221. The Bertz CT molecular complexity index is 1060. The largest absolute Gasteiger partial charge is 0.348 e. The van der Waals surface area contributed by atoms with Gasteiger partial charge in [-0.05, 0) is 19.4 Å². The molecule has 1 aliphatic rings. The van der Waals surface area contributed by atoms with Gasteiger partial charge in [0.05, 0.1) is 11.8 Å². The van der Waals surface area contributed by atoms with Gasteiger partial charge >= 0.3 is 0 Å². The van der Waals surface area contributed by atoms with Crippen molar-refractivity contribution in [2.24, 2.45) is 0 Å². The number of carbonyl (C=O) groups is 1. The van der Waals surface area contributed by atoms with E-state index in [1.807, 2.05) is 42.7 Å². The predicted octanol–water partition coefficient (Wildman–Crippen LogP) is 1.40. The monoisotopic (exact) mass is 365 g/mol. The van der Waals surface area contributed by atoms with Crippen LogP contribution in [0.3, 0.4) is 0 Å². The fourth-order valence-corrected chi connectivity index (χ4v) is 3.66. The first-order valence-corrected chi connectivity index (χ1v) is 9.27. The second-order valence-corrected chi connectivity index (χ2v) is 6.86. The lowest BCUT2D eigenvalue weighted by atomic mass is 10.1. The molecule has 2 aromatic heterocycles. The van der Waals surface area contributed by atoms with E-state index in [1.165, 1.54) is 16.3 Å². The lowest BCUT2D eigenvalue weighted by molar-refractivity contribution is 0.0952. The topological polar surface area (TPSA) is 80.4 Å². The number of fused-ring (bicyclic) bond motifs is 2. The number of hydrogen-bond donors (Lipinski definition) is 2. The highest BCUT2D eigenvalue weighted by Crippen LogP contribution is 2.17. The molecule has 3 heterocycles. The molecule has 0 aliphatic carbocycles. The van der Waals surface area contributed by atoms with Crippen LogP contribution in [0.15, 0.2) is 35.3 Å². The molecule has 0 radical (unpaired) electrons. The Morgan fingerprint density at radius 3 is 2.81 bits per heavy atom. The smallest absolute Gasteiger partial charge is 0.279 e. The normalized spacial score (nSPS) is 13.6. The maximum atomic E-state index is 12.8.